The van der Waals surface area contributed by atoms with E-state index < -0.39 is 4.92 Å². The second-order valence-electron chi connectivity index (χ2n) is 3.82. The second kappa shape index (κ2) is 5.34. The minimum absolute atomic E-state index is 0.0966. The maximum atomic E-state index is 10.8. The molecule has 19 heavy (non-hydrogen) atoms. The summed E-state index contributed by atoms with van der Waals surface area (Å²) in [4.78, 5) is 10.2. The Kier molecular flexibility index (Phi) is 3.78. The predicted octanol–water partition coefficient (Wildman–Crippen LogP) is 4.23. The standard InChI is InChI=1S/C12H9Cl2N3O2/c13-7-1-2-11(14)12(3-7)16-9-4-8(15)5-10(6-9)17(18)19/h1-6,16H,15H2. The average Bonchev–Trinajstić information content (AvgIpc) is 2.33. The summed E-state index contributed by atoms with van der Waals surface area (Å²) in [5, 5.41) is 14.7. The lowest BCUT2D eigenvalue weighted by molar-refractivity contribution is -0.384. The predicted molar refractivity (Wildman–Crippen MR) is 77.3 cm³/mol. The zero-order chi connectivity index (χ0) is 14.0. The number of nitrogens with zero attached hydrogens (tertiary/aromatic N) is 1. The quantitative estimate of drug-likeness (QED) is 0.505. The highest BCUT2D eigenvalue weighted by atomic mass is 35.5. The van der Waals surface area contributed by atoms with Gasteiger partial charge in [-0.15, -0.1) is 0 Å². The molecule has 5 nitrogen and oxygen atoms in total. The second-order valence-corrected chi connectivity index (χ2v) is 4.66. The van der Waals surface area contributed by atoms with Crippen molar-refractivity contribution in [3.63, 3.8) is 0 Å². The number of hydrogen-bond acceptors (Lipinski definition) is 4. The Bertz CT molecular complexity index is 647. The van der Waals surface area contributed by atoms with Crippen LogP contribution in [0.25, 0.3) is 0 Å². The molecule has 2 rings (SSSR count). The van der Waals surface area contributed by atoms with E-state index in [1.807, 2.05) is 0 Å². The van der Waals surface area contributed by atoms with Gasteiger partial charge in [0.25, 0.3) is 5.69 Å². The normalized spacial score (nSPS) is 10.2. The number of nitrogens with two attached hydrogens (primary N) is 1. The van der Waals surface area contributed by atoms with Crippen LogP contribution >= 0.6 is 23.2 Å². The van der Waals surface area contributed by atoms with Crippen LogP contribution in [0.5, 0.6) is 0 Å². The molecule has 0 heterocycles. The highest BCUT2D eigenvalue weighted by molar-refractivity contribution is 6.35. The SMILES string of the molecule is Nc1cc(Nc2cc(Cl)ccc2Cl)cc([N+](=O)[O-])c1. The molecule has 2 aromatic carbocycles. The van der Waals surface area contributed by atoms with E-state index in [1.165, 1.54) is 12.1 Å². The number of nitrogens with one attached hydrogen (secondary N) is 1. The molecule has 0 fully saturated rings. The maximum Gasteiger partial charge on any atom is 0.273 e. The first-order chi connectivity index (χ1) is 8.95. The number of hydrogen-bond donors (Lipinski definition) is 2. The van der Waals surface area contributed by atoms with Gasteiger partial charge in [0.15, 0.2) is 0 Å². The van der Waals surface area contributed by atoms with Crippen molar-refractivity contribution in [2.45, 2.75) is 0 Å². The van der Waals surface area contributed by atoms with E-state index in [9.17, 15) is 10.1 Å². The fourth-order valence-corrected chi connectivity index (χ4v) is 1.90. The molecular formula is C12H9Cl2N3O2. The van der Waals surface area contributed by atoms with E-state index in [0.29, 0.717) is 21.4 Å². The van der Waals surface area contributed by atoms with Gasteiger partial charge < -0.3 is 11.1 Å². The summed E-state index contributed by atoms with van der Waals surface area (Å²) < 4.78 is 0. The third-order valence-electron chi connectivity index (χ3n) is 2.36. The molecule has 0 aromatic heterocycles. The Morgan fingerprint density at radius 1 is 1.16 bits per heavy atom. The van der Waals surface area contributed by atoms with Crippen molar-refractivity contribution in [2.75, 3.05) is 11.1 Å². The summed E-state index contributed by atoms with van der Waals surface area (Å²) in [7, 11) is 0. The number of nitro groups is 1. The van der Waals surface area contributed by atoms with Gasteiger partial charge in [-0.3, -0.25) is 10.1 Å². The largest absolute Gasteiger partial charge is 0.398 e. The number of anilines is 3. The lowest BCUT2D eigenvalue weighted by Gasteiger charge is -2.09. The summed E-state index contributed by atoms with van der Waals surface area (Å²) in [6.45, 7) is 0. The fraction of sp³-hybridized carbons (Fsp3) is 0. The van der Waals surface area contributed by atoms with Gasteiger partial charge in [-0.05, 0) is 24.3 Å². The summed E-state index contributed by atoms with van der Waals surface area (Å²) >= 11 is 11.9. The summed E-state index contributed by atoms with van der Waals surface area (Å²) in [5.41, 5.74) is 6.82. The first-order valence-electron chi connectivity index (χ1n) is 5.23. The lowest BCUT2D eigenvalue weighted by atomic mass is 10.2. The Morgan fingerprint density at radius 3 is 2.58 bits per heavy atom. The molecule has 0 aliphatic carbocycles. The first kappa shape index (κ1) is 13.5. The van der Waals surface area contributed by atoms with Gasteiger partial charge >= 0.3 is 0 Å². The van der Waals surface area contributed by atoms with E-state index >= 15 is 0 Å². The molecule has 0 saturated carbocycles. The summed E-state index contributed by atoms with van der Waals surface area (Å²) in [6.07, 6.45) is 0. The van der Waals surface area contributed by atoms with Gasteiger partial charge in [0, 0.05) is 28.5 Å². The number of nitrogen functional groups attached to an aromatic ring is 1. The molecule has 0 unspecified atom stereocenters. The van der Waals surface area contributed by atoms with E-state index in [1.54, 1.807) is 24.3 Å². The van der Waals surface area contributed by atoms with Gasteiger partial charge in [-0.25, -0.2) is 0 Å². The van der Waals surface area contributed by atoms with Crippen LogP contribution in [-0.4, -0.2) is 4.92 Å². The van der Waals surface area contributed by atoms with Gasteiger partial charge in [0.05, 0.1) is 15.6 Å². The van der Waals surface area contributed by atoms with Crippen LogP contribution in [0.1, 0.15) is 0 Å². The smallest absolute Gasteiger partial charge is 0.273 e. The minimum atomic E-state index is -0.513. The van der Waals surface area contributed by atoms with Gasteiger partial charge in [0.1, 0.15) is 0 Å². The van der Waals surface area contributed by atoms with Crippen LogP contribution in [0.2, 0.25) is 10.0 Å². The van der Waals surface area contributed by atoms with E-state index in [4.69, 9.17) is 28.9 Å². The van der Waals surface area contributed by atoms with Crippen LogP contribution in [0.15, 0.2) is 36.4 Å². The Balaban J connectivity index is 2.38. The van der Waals surface area contributed by atoms with Crippen LogP contribution in [0, 0.1) is 10.1 Å². The molecule has 7 heteroatoms. The van der Waals surface area contributed by atoms with Crippen LogP contribution in [0.3, 0.4) is 0 Å². The van der Waals surface area contributed by atoms with Crippen molar-refractivity contribution in [1.82, 2.24) is 0 Å². The summed E-state index contributed by atoms with van der Waals surface area (Å²) in [6, 6.07) is 9.13. The number of nitro benzene ring substituents is 1. The highest BCUT2D eigenvalue weighted by Crippen LogP contribution is 2.30. The zero-order valence-corrected chi connectivity index (χ0v) is 11.1. The third kappa shape index (κ3) is 3.27. The molecule has 0 saturated heterocycles. The zero-order valence-electron chi connectivity index (χ0n) is 9.56. The van der Waals surface area contributed by atoms with Crippen molar-refractivity contribution in [3.05, 3.63) is 56.6 Å². The molecule has 0 aliphatic rings. The summed E-state index contributed by atoms with van der Waals surface area (Å²) in [5.74, 6) is 0. The van der Waals surface area contributed by atoms with Crippen molar-refractivity contribution >= 4 is 46.0 Å². The number of non-ortho nitro benzene ring substituents is 1. The number of benzene rings is 2. The Labute approximate surface area is 119 Å². The molecule has 0 radical (unpaired) electrons. The molecule has 2 aromatic rings. The average molecular weight is 298 g/mol. The van der Waals surface area contributed by atoms with Crippen molar-refractivity contribution in [3.8, 4) is 0 Å². The van der Waals surface area contributed by atoms with Gasteiger partial charge in [-0.2, -0.15) is 0 Å². The molecule has 0 bridgehead atoms. The monoisotopic (exact) mass is 297 g/mol. The fourth-order valence-electron chi connectivity index (χ4n) is 1.56. The Morgan fingerprint density at radius 2 is 1.89 bits per heavy atom. The van der Waals surface area contributed by atoms with Crippen molar-refractivity contribution in [1.29, 1.82) is 0 Å². The molecule has 0 atom stereocenters. The van der Waals surface area contributed by atoms with Crippen LogP contribution in [0.4, 0.5) is 22.7 Å². The molecule has 0 aliphatic heterocycles. The van der Waals surface area contributed by atoms with E-state index in [-0.39, 0.29) is 11.4 Å². The van der Waals surface area contributed by atoms with Crippen LogP contribution < -0.4 is 11.1 Å². The van der Waals surface area contributed by atoms with Crippen molar-refractivity contribution in [2.24, 2.45) is 0 Å². The minimum Gasteiger partial charge on any atom is -0.398 e. The molecule has 0 spiro atoms. The van der Waals surface area contributed by atoms with E-state index in [0.717, 1.165) is 0 Å². The highest BCUT2D eigenvalue weighted by Gasteiger charge is 2.09. The Hall–Kier alpha value is -1.98. The molecule has 0 amide bonds. The van der Waals surface area contributed by atoms with Crippen LogP contribution in [-0.2, 0) is 0 Å². The maximum absolute atomic E-state index is 10.8. The van der Waals surface area contributed by atoms with Gasteiger partial charge in [-0.1, -0.05) is 23.2 Å². The topological polar surface area (TPSA) is 81.2 Å². The number of rotatable bonds is 3. The first-order valence-corrected chi connectivity index (χ1v) is 5.98. The number of halogens is 2. The van der Waals surface area contributed by atoms with E-state index in [2.05, 4.69) is 5.32 Å². The third-order valence-corrected chi connectivity index (χ3v) is 2.92. The molecule has 98 valence electrons. The molecule has 3 N–H and O–H groups in total. The lowest BCUT2D eigenvalue weighted by Crippen LogP contribution is -1.96. The van der Waals surface area contributed by atoms with Crippen molar-refractivity contribution < 1.29 is 4.92 Å². The molecular weight excluding hydrogens is 289 g/mol. The van der Waals surface area contributed by atoms with Gasteiger partial charge in [0.2, 0.25) is 0 Å².